The Morgan fingerprint density at radius 3 is 2.55 bits per heavy atom. The summed E-state index contributed by atoms with van der Waals surface area (Å²) in [6.07, 6.45) is 3.75. The van der Waals surface area contributed by atoms with Crippen LogP contribution >= 0.6 is 24.0 Å². The predicted molar refractivity (Wildman–Crippen MR) is 129 cm³/mol. The van der Waals surface area contributed by atoms with Crippen molar-refractivity contribution in [3.8, 4) is 0 Å². The third-order valence-electron chi connectivity index (χ3n) is 4.47. The Morgan fingerprint density at radius 2 is 1.86 bits per heavy atom. The van der Waals surface area contributed by atoms with Crippen molar-refractivity contribution in [3.63, 3.8) is 0 Å². The maximum atomic E-state index is 5.73. The minimum atomic E-state index is 0. The fourth-order valence-electron chi connectivity index (χ4n) is 2.92. The topological polar surface area (TPSA) is 71.7 Å². The number of hydrogen-bond donors (Lipinski definition) is 2. The summed E-state index contributed by atoms with van der Waals surface area (Å²) in [5, 5.41) is 10.9. The Hall–Kier alpha value is -1.61. The largest absolute Gasteiger partial charge is 0.377 e. The SMILES string of the molecule is CCNC(=NCc1c(CC)noc1CC)NCCCCOCc1ccccc1.I. The molecule has 0 amide bonds. The monoisotopic (exact) mass is 514 g/mol. The molecule has 2 N–H and O–H groups in total. The van der Waals surface area contributed by atoms with E-state index in [1.54, 1.807) is 0 Å². The second-order valence-electron chi connectivity index (χ2n) is 6.61. The van der Waals surface area contributed by atoms with E-state index in [1.807, 2.05) is 18.2 Å². The Bertz CT molecular complexity index is 683. The van der Waals surface area contributed by atoms with Gasteiger partial charge in [0.25, 0.3) is 0 Å². The average Bonchev–Trinajstić information content (AvgIpc) is 3.14. The number of aromatic nitrogens is 1. The van der Waals surface area contributed by atoms with Crippen molar-refractivity contribution < 1.29 is 9.26 Å². The number of aliphatic imine (C=N–C) groups is 1. The van der Waals surface area contributed by atoms with Gasteiger partial charge in [0.05, 0.1) is 18.8 Å². The zero-order chi connectivity index (χ0) is 20.0. The maximum Gasteiger partial charge on any atom is 0.191 e. The molecule has 7 heteroatoms. The van der Waals surface area contributed by atoms with E-state index in [0.29, 0.717) is 13.2 Å². The molecular weight excluding hydrogens is 479 g/mol. The van der Waals surface area contributed by atoms with Gasteiger partial charge in [0.15, 0.2) is 5.96 Å². The van der Waals surface area contributed by atoms with Crippen molar-refractivity contribution in [1.29, 1.82) is 0 Å². The smallest absolute Gasteiger partial charge is 0.191 e. The van der Waals surface area contributed by atoms with Gasteiger partial charge in [-0.2, -0.15) is 0 Å². The minimum Gasteiger partial charge on any atom is -0.377 e. The molecule has 0 saturated heterocycles. The van der Waals surface area contributed by atoms with Crippen LogP contribution in [-0.4, -0.2) is 30.8 Å². The number of nitrogens with zero attached hydrogens (tertiary/aromatic N) is 2. The van der Waals surface area contributed by atoms with E-state index >= 15 is 0 Å². The van der Waals surface area contributed by atoms with Crippen LogP contribution in [0.15, 0.2) is 39.8 Å². The molecule has 1 aromatic carbocycles. The first-order chi connectivity index (χ1) is 13.8. The van der Waals surface area contributed by atoms with E-state index in [2.05, 4.69) is 48.7 Å². The number of unbranched alkanes of at least 4 members (excludes halogenated alkanes) is 1. The van der Waals surface area contributed by atoms with Crippen molar-refractivity contribution >= 4 is 29.9 Å². The van der Waals surface area contributed by atoms with Crippen molar-refractivity contribution in [2.24, 2.45) is 4.99 Å². The van der Waals surface area contributed by atoms with Gasteiger partial charge in [0.2, 0.25) is 0 Å². The van der Waals surface area contributed by atoms with Gasteiger partial charge in [-0.05, 0) is 31.7 Å². The molecule has 2 rings (SSSR count). The number of nitrogens with one attached hydrogen (secondary N) is 2. The number of benzene rings is 1. The van der Waals surface area contributed by atoms with E-state index < -0.39 is 0 Å². The Kier molecular flexibility index (Phi) is 13.4. The first kappa shape index (κ1) is 25.4. The fraction of sp³-hybridized carbons (Fsp3) is 0.545. The van der Waals surface area contributed by atoms with E-state index in [4.69, 9.17) is 14.3 Å². The summed E-state index contributed by atoms with van der Waals surface area (Å²) in [5.41, 5.74) is 3.34. The Balaban J connectivity index is 0.00000420. The van der Waals surface area contributed by atoms with Gasteiger partial charge in [-0.15, -0.1) is 24.0 Å². The highest BCUT2D eigenvalue weighted by atomic mass is 127. The summed E-state index contributed by atoms with van der Waals surface area (Å²) >= 11 is 0. The second-order valence-corrected chi connectivity index (χ2v) is 6.61. The number of guanidine groups is 1. The van der Waals surface area contributed by atoms with Crippen LogP contribution in [0.4, 0.5) is 0 Å². The molecule has 0 radical (unpaired) electrons. The minimum absolute atomic E-state index is 0. The maximum absolute atomic E-state index is 5.73. The molecule has 0 fully saturated rings. The number of halogens is 1. The Morgan fingerprint density at radius 1 is 1.07 bits per heavy atom. The van der Waals surface area contributed by atoms with Crippen LogP contribution in [0.5, 0.6) is 0 Å². The molecule has 2 aromatic rings. The normalized spacial score (nSPS) is 11.2. The quantitative estimate of drug-likeness (QED) is 0.189. The number of ether oxygens (including phenoxy) is 1. The molecule has 0 spiro atoms. The van der Waals surface area contributed by atoms with Gasteiger partial charge in [0.1, 0.15) is 5.76 Å². The average molecular weight is 514 g/mol. The van der Waals surface area contributed by atoms with Gasteiger partial charge in [-0.3, -0.25) is 0 Å². The fourth-order valence-corrected chi connectivity index (χ4v) is 2.92. The molecule has 1 heterocycles. The molecule has 1 aromatic heterocycles. The highest BCUT2D eigenvalue weighted by Crippen LogP contribution is 2.16. The second kappa shape index (κ2) is 15.3. The summed E-state index contributed by atoms with van der Waals surface area (Å²) < 4.78 is 11.2. The number of aryl methyl sites for hydroxylation is 2. The molecule has 0 saturated carbocycles. The number of hydrogen-bond acceptors (Lipinski definition) is 4. The van der Waals surface area contributed by atoms with Crippen molar-refractivity contribution in [3.05, 3.63) is 52.9 Å². The molecule has 0 atom stereocenters. The molecular formula is C22H35IN4O2. The summed E-state index contributed by atoms with van der Waals surface area (Å²) in [5.74, 6) is 1.77. The molecule has 6 nitrogen and oxygen atoms in total. The van der Waals surface area contributed by atoms with Crippen molar-refractivity contribution in [2.75, 3.05) is 19.7 Å². The van der Waals surface area contributed by atoms with Crippen LogP contribution in [0.3, 0.4) is 0 Å². The van der Waals surface area contributed by atoms with Crippen LogP contribution in [0, 0.1) is 0 Å². The van der Waals surface area contributed by atoms with E-state index in [9.17, 15) is 0 Å². The standard InChI is InChI=1S/C22H34N4O2.HI/c1-4-20-19(21(5-2)28-26-20)16-25-22(23-6-3)24-14-10-11-15-27-17-18-12-8-7-9-13-18;/h7-9,12-13H,4-6,10-11,14-17H2,1-3H3,(H2,23,24,25);1H. The molecule has 0 aliphatic heterocycles. The van der Waals surface area contributed by atoms with Crippen LogP contribution in [-0.2, 0) is 30.7 Å². The molecule has 0 bridgehead atoms. The van der Waals surface area contributed by atoms with Gasteiger partial charge >= 0.3 is 0 Å². The molecule has 162 valence electrons. The third kappa shape index (κ3) is 9.16. The van der Waals surface area contributed by atoms with Gasteiger partial charge in [-0.25, -0.2) is 4.99 Å². The summed E-state index contributed by atoms with van der Waals surface area (Å²) in [7, 11) is 0. The van der Waals surface area contributed by atoms with Crippen LogP contribution < -0.4 is 10.6 Å². The summed E-state index contributed by atoms with van der Waals surface area (Å²) in [6.45, 7) is 9.97. The van der Waals surface area contributed by atoms with Crippen molar-refractivity contribution in [1.82, 2.24) is 15.8 Å². The van der Waals surface area contributed by atoms with Gasteiger partial charge in [0, 0.05) is 31.7 Å². The van der Waals surface area contributed by atoms with Crippen LogP contribution in [0.1, 0.15) is 56.2 Å². The predicted octanol–water partition coefficient (Wildman–Crippen LogP) is 4.47. The van der Waals surface area contributed by atoms with E-state index in [-0.39, 0.29) is 24.0 Å². The summed E-state index contributed by atoms with van der Waals surface area (Å²) in [4.78, 5) is 4.71. The lowest BCUT2D eigenvalue weighted by molar-refractivity contribution is 0.117. The third-order valence-corrected chi connectivity index (χ3v) is 4.47. The highest BCUT2D eigenvalue weighted by Gasteiger charge is 2.12. The van der Waals surface area contributed by atoms with E-state index in [0.717, 1.165) is 68.4 Å². The first-order valence-corrected chi connectivity index (χ1v) is 10.4. The molecule has 0 aliphatic rings. The zero-order valence-corrected chi connectivity index (χ0v) is 20.2. The van der Waals surface area contributed by atoms with Crippen LogP contribution in [0.2, 0.25) is 0 Å². The zero-order valence-electron chi connectivity index (χ0n) is 17.9. The van der Waals surface area contributed by atoms with Gasteiger partial charge < -0.3 is 19.9 Å². The first-order valence-electron chi connectivity index (χ1n) is 10.4. The lowest BCUT2D eigenvalue weighted by atomic mass is 10.1. The number of rotatable bonds is 12. The van der Waals surface area contributed by atoms with Crippen LogP contribution in [0.25, 0.3) is 0 Å². The highest BCUT2D eigenvalue weighted by molar-refractivity contribution is 14.0. The molecule has 29 heavy (non-hydrogen) atoms. The summed E-state index contributed by atoms with van der Waals surface area (Å²) in [6, 6.07) is 10.3. The molecule has 0 aliphatic carbocycles. The lowest BCUT2D eigenvalue weighted by Gasteiger charge is -2.11. The molecule has 0 unspecified atom stereocenters. The van der Waals surface area contributed by atoms with E-state index in [1.165, 1.54) is 5.56 Å². The lowest BCUT2D eigenvalue weighted by Crippen LogP contribution is -2.37. The van der Waals surface area contributed by atoms with Crippen molar-refractivity contribution in [2.45, 2.75) is 59.6 Å². The Labute approximate surface area is 191 Å². The van der Waals surface area contributed by atoms with Gasteiger partial charge in [-0.1, -0.05) is 49.3 Å².